The van der Waals surface area contributed by atoms with E-state index < -0.39 is 37.3 Å². The lowest BCUT2D eigenvalue weighted by Crippen LogP contribution is -2.59. The molecule has 1 aliphatic carbocycles. The third-order valence-corrected chi connectivity index (χ3v) is 4.98. The first kappa shape index (κ1) is 20.1. The quantitative estimate of drug-likeness (QED) is 0.337. The van der Waals surface area contributed by atoms with E-state index in [1.54, 1.807) is 6.07 Å². The van der Waals surface area contributed by atoms with Crippen molar-refractivity contribution in [2.24, 2.45) is 0 Å². The average Bonchev–Trinajstić information content (AvgIpc) is 2.61. The summed E-state index contributed by atoms with van der Waals surface area (Å²) in [5.74, 6) is -0.391. The topological polar surface area (TPSA) is 149 Å². The van der Waals surface area contributed by atoms with Crippen molar-refractivity contribution < 1.29 is 44.8 Å². The van der Waals surface area contributed by atoms with E-state index in [0.717, 1.165) is 19.3 Å². The minimum Gasteiger partial charge on any atom is -0.504 e. The van der Waals surface area contributed by atoms with Crippen molar-refractivity contribution in [3.63, 3.8) is 0 Å². The van der Waals surface area contributed by atoms with Crippen LogP contribution in [0.3, 0.4) is 0 Å². The molecule has 3 rings (SSSR count). The number of ether oxygens (including phenoxy) is 3. The molecule has 1 aliphatic heterocycles. The smallest absolute Gasteiger partial charge is 0.200 e. The highest BCUT2D eigenvalue weighted by Crippen LogP contribution is 2.39. The minimum absolute atomic E-state index is 0.0379. The highest BCUT2D eigenvalue weighted by atomic mass is 16.7. The highest BCUT2D eigenvalue weighted by Gasteiger charge is 2.43. The predicted molar refractivity (Wildman–Crippen MR) is 91.5 cm³/mol. The molecule has 0 bridgehead atoms. The lowest BCUT2D eigenvalue weighted by molar-refractivity contribution is -0.300. The number of aromatic hydroxyl groups is 2. The van der Waals surface area contributed by atoms with Gasteiger partial charge in [0.05, 0.1) is 19.3 Å². The number of hydrogen-bond acceptors (Lipinski definition) is 9. The maximum Gasteiger partial charge on any atom is 0.200 e. The van der Waals surface area contributed by atoms with Gasteiger partial charge < -0.3 is 44.8 Å². The van der Waals surface area contributed by atoms with Crippen LogP contribution in [0.15, 0.2) is 12.1 Å². The average molecular weight is 386 g/mol. The molecule has 1 aromatic carbocycles. The molecule has 0 spiro atoms. The Labute approximate surface area is 156 Å². The number of rotatable bonds is 7. The third kappa shape index (κ3) is 4.45. The summed E-state index contributed by atoms with van der Waals surface area (Å²) in [5, 5.41) is 58.4. The maximum atomic E-state index is 9.94. The molecule has 9 nitrogen and oxygen atoms in total. The Kier molecular flexibility index (Phi) is 6.40. The molecule has 1 heterocycles. The predicted octanol–water partition coefficient (Wildman–Crippen LogP) is -0.612. The molecule has 6 N–H and O–H groups in total. The van der Waals surface area contributed by atoms with Gasteiger partial charge in [-0.3, -0.25) is 0 Å². The van der Waals surface area contributed by atoms with Gasteiger partial charge in [-0.1, -0.05) is 0 Å². The monoisotopic (exact) mass is 386 g/mol. The molecule has 0 aromatic heterocycles. The lowest BCUT2D eigenvalue weighted by Gasteiger charge is -2.39. The SMILES string of the molecule is OCC1OC(OCCc2cc(O)c(O)c(OC3CCC3)c2)C(O)C(O)C1O. The van der Waals surface area contributed by atoms with Gasteiger partial charge in [0.2, 0.25) is 5.75 Å². The van der Waals surface area contributed by atoms with Gasteiger partial charge in [0.1, 0.15) is 24.4 Å². The van der Waals surface area contributed by atoms with Gasteiger partial charge in [0.25, 0.3) is 0 Å². The first-order valence-electron chi connectivity index (χ1n) is 9.04. The van der Waals surface area contributed by atoms with E-state index in [1.165, 1.54) is 6.07 Å². The Hall–Kier alpha value is -1.62. The van der Waals surface area contributed by atoms with Gasteiger partial charge in [0.15, 0.2) is 17.8 Å². The van der Waals surface area contributed by atoms with E-state index in [9.17, 15) is 30.6 Å². The molecule has 152 valence electrons. The van der Waals surface area contributed by atoms with Crippen LogP contribution in [0.5, 0.6) is 17.2 Å². The summed E-state index contributed by atoms with van der Waals surface area (Å²) < 4.78 is 16.4. The second-order valence-electron chi connectivity index (χ2n) is 6.95. The van der Waals surface area contributed by atoms with Crippen LogP contribution in [0.4, 0.5) is 0 Å². The summed E-state index contributed by atoms with van der Waals surface area (Å²) in [6.07, 6.45) is -3.41. The van der Waals surface area contributed by atoms with E-state index in [-0.39, 0.29) is 30.0 Å². The zero-order valence-corrected chi connectivity index (χ0v) is 14.8. The van der Waals surface area contributed by atoms with E-state index in [4.69, 9.17) is 14.2 Å². The summed E-state index contributed by atoms with van der Waals surface area (Å²) in [6.45, 7) is -0.464. The van der Waals surface area contributed by atoms with Crippen LogP contribution in [0.25, 0.3) is 0 Å². The Bertz CT molecular complexity index is 632. The Morgan fingerprint density at radius 3 is 2.41 bits per heavy atom. The second-order valence-corrected chi connectivity index (χ2v) is 6.95. The van der Waals surface area contributed by atoms with Crippen LogP contribution >= 0.6 is 0 Å². The highest BCUT2D eigenvalue weighted by molar-refractivity contribution is 5.52. The van der Waals surface area contributed by atoms with Crippen molar-refractivity contribution in [3.8, 4) is 17.2 Å². The number of aliphatic hydroxyl groups is 4. The fourth-order valence-corrected chi connectivity index (χ4v) is 3.05. The van der Waals surface area contributed by atoms with Gasteiger partial charge in [-0.25, -0.2) is 0 Å². The molecule has 9 heteroatoms. The van der Waals surface area contributed by atoms with Crippen LogP contribution in [0, 0.1) is 0 Å². The zero-order chi connectivity index (χ0) is 19.6. The number of phenolic OH excluding ortho intramolecular Hbond substituents is 2. The fourth-order valence-electron chi connectivity index (χ4n) is 3.05. The normalized spacial score (nSPS) is 31.5. The van der Waals surface area contributed by atoms with E-state index >= 15 is 0 Å². The molecule has 1 saturated carbocycles. The molecule has 2 fully saturated rings. The Balaban J connectivity index is 1.58. The lowest BCUT2D eigenvalue weighted by atomic mass is 9.96. The largest absolute Gasteiger partial charge is 0.504 e. The molecule has 2 aliphatic rings. The molecule has 27 heavy (non-hydrogen) atoms. The van der Waals surface area contributed by atoms with E-state index in [1.807, 2.05) is 0 Å². The summed E-state index contributed by atoms with van der Waals surface area (Å²) >= 11 is 0. The Morgan fingerprint density at radius 2 is 1.78 bits per heavy atom. The summed E-state index contributed by atoms with van der Waals surface area (Å²) in [7, 11) is 0. The van der Waals surface area contributed by atoms with Gasteiger partial charge in [-0.2, -0.15) is 0 Å². The number of phenols is 2. The molecule has 1 saturated heterocycles. The molecular formula is C18H26O9. The van der Waals surface area contributed by atoms with Crippen molar-refractivity contribution in [1.29, 1.82) is 0 Å². The summed E-state index contributed by atoms with van der Waals surface area (Å²) in [4.78, 5) is 0. The Morgan fingerprint density at radius 1 is 1.04 bits per heavy atom. The molecule has 5 atom stereocenters. The van der Waals surface area contributed by atoms with Gasteiger partial charge >= 0.3 is 0 Å². The molecular weight excluding hydrogens is 360 g/mol. The van der Waals surface area contributed by atoms with Crippen LogP contribution < -0.4 is 4.74 Å². The van der Waals surface area contributed by atoms with Crippen LogP contribution in [0.2, 0.25) is 0 Å². The number of hydrogen-bond donors (Lipinski definition) is 6. The summed E-state index contributed by atoms with van der Waals surface area (Å²) in [5.41, 5.74) is 0.643. The maximum absolute atomic E-state index is 9.94. The van der Waals surface area contributed by atoms with Crippen molar-refractivity contribution >= 4 is 0 Å². The number of benzene rings is 1. The number of aliphatic hydroxyl groups excluding tert-OH is 4. The molecule has 5 unspecified atom stereocenters. The third-order valence-electron chi connectivity index (χ3n) is 4.98. The molecule has 1 aromatic rings. The second kappa shape index (κ2) is 8.59. The van der Waals surface area contributed by atoms with Crippen molar-refractivity contribution in [2.45, 2.75) is 62.5 Å². The first-order valence-corrected chi connectivity index (χ1v) is 9.04. The van der Waals surface area contributed by atoms with E-state index in [0.29, 0.717) is 12.0 Å². The van der Waals surface area contributed by atoms with Crippen molar-refractivity contribution in [2.75, 3.05) is 13.2 Å². The van der Waals surface area contributed by atoms with Crippen molar-refractivity contribution in [3.05, 3.63) is 17.7 Å². The first-order chi connectivity index (χ1) is 12.9. The molecule has 0 amide bonds. The van der Waals surface area contributed by atoms with Crippen LogP contribution in [0.1, 0.15) is 24.8 Å². The summed E-state index contributed by atoms with van der Waals surface area (Å²) in [6, 6.07) is 3.00. The van der Waals surface area contributed by atoms with Gasteiger partial charge in [-0.05, 0) is 43.4 Å². The van der Waals surface area contributed by atoms with Gasteiger partial charge in [0, 0.05) is 0 Å². The van der Waals surface area contributed by atoms with Crippen LogP contribution in [-0.4, -0.2) is 80.7 Å². The fraction of sp³-hybridized carbons (Fsp3) is 0.667. The van der Waals surface area contributed by atoms with Gasteiger partial charge in [-0.15, -0.1) is 0 Å². The van der Waals surface area contributed by atoms with Crippen molar-refractivity contribution in [1.82, 2.24) is 0 Å². The molecule has 0 radical (unpaired) electrons. The van der Waals surface area contributed by atoms with Crippen LogP contribution in [-0.2, 0) is 15.9 Å². The standard InChI is InChI=1S/C18H26O9/c19-8-13-15(22)16(23)17(24)18(27-13)25-5-4-9-6-11(20)14(21)12(7-9)26-10-2-1-3-10/h6-7,10,13,15-24H,1-5,8H2. The zero-order valence-electron chi connectivity index (χ0n) is 14.8. The van der Waals surface area contributed by atoms with E-state index in [2.05, 4.69) is 0 Å². The minimum atomic E-state index is -1.50.